The normalized spacial score (nSPS) is 12.7. The Bertz CT molecular complexity index is 691. The van der Waals surface area contributed by atoms with E-state index in [0.717, 1.165) is 18.8 Å². The van der Waals surface area contributed by atoms with E-state index >= 15 is 0 Å². The van der Waals surface area contributed by atoms with Crippen molar-refractivity contribution in [2.45, 2.75) is 26.1 Å². The van der Waals surface area contributed by atoms with E-state index in [9.17, 15) is 0 Å². The summed E-state index contributed by atoms with van der Waals surface area (Å²) >= 11 is 0. The number of benzene rings is 1. The van der Waals surface area contributed by atoms with Crippen molar-refractivity contribution >= 4 is 0 Å². The zero-order chi connectivity index (χ0) is 15.4. The van der Waals surface area contributed by atoms with Gasteiger partial charge in [0.1, 0.15) is 12.0 Å². The van der Waals surface area contributed by atoms with Crippen LogP contribution in [-0.4, -0.2) is 26.9 Å². The molecule has 2 aromatic heterocycles. The third-order valence-electron chi connectivity index (χ3n) is 3.98. The maximum Gasteiger partial charge on any atom is 0.124 e. The van der Waals surface area contributed by atoms with Gasteiger partial charge in [-0.05, 0) is 31.2 Å². The highest BCUT2D eigenvalue weighted by Gasteiger charge is 2.15. The van der Waals surface area contributed by atoms with Gasteiger partial charge in [-0.15, -0.1) is 0 Å². The topological polar surface area (TPSA) is 47.1 Å². The fourth-order valence-electron chi connectivity index (χ4n) is 2.50. The summed E-state index contributed by atoms with van der Waals surface area (Å²) in [6, 6.07) is 12.5. The molecule has 5 nitrogen and oxygen atoms in total. The van der Waals surface area contributed by atoms with Crippen molar-refractivity contribution in [2.24, 2.45) is 0 Å². The van der Waals surface area contributed by atoms with Crippen molar-refractivity contribution in [3.8, 4) is 0 Å². The molecule has 114 valence electrons. The summed E-state index contributed by atoms with van der Waals surface area (Å²) in [5.74, 6) is 0. The largest absolute Gasteiger partial charge is 0.364 e. The van der Waals surface area contributed by atoms with Crippen molar-refractivity contribution in [2.75, 3.05) is 7.05 Å². The quantitative estimate of drug-likeness (QED) is 0.701. The van der Waals surface area contributed by atoms with Gasteiger partial charge in [0, 0.05) is 25.0 Å². The standard InChI is InChI=1S/C17H20N4O/c1-14(17-8-11-22-19-17)20(2)12-15-6-3-4-7-16(15)13-21-10-5-9-18-21/h3-11,14H,12-13H2,1-2H3/t14-/m0/s1. The Balaban J connectivity index is 1.74. The molecule has 0 bridgehead atoms. The van der Waals surface area contributed by atoms with Gasteiger partial charge in [-0.2, -0.15) is 5.10 Å². The van der Waals surface area contributed by atoms with Crippen LogP contribution < -0.4 is 0 Å². The molecule has 0 saturated carbocycles. The van der Waals surface area contributed by atoms with Crippen molar-refractivity contribution in [1.82, 2.24) is 19.8 Å². The Hall–Kier alpha value is -2.40. The minimum atomic E-state index is 0.205. The zero-order valence-electron chi connectivity index (χ0n) is 12.9. The Morgan fingerprint density at radius 3 is 2.68 bits per heavy atom. The van der Waals surface area contributed by atoms with Crippen LogP contribution in [0.5, 0.6) is 0 Å². The number of rotatable bonds is 6. The van der Waals surface area contributed by atoms with Crippen LogP contribution in [0.25, 0.3) is 0 Å². The van der Waals surface area contributed by atoms with E-state index in [1.54, 1.807) is 12.5 Å². The Morgan fingerprint density at radius 1 is 1.18 bits per heavy atom. The summed E-state index contributed by atoms with van der Waals surface area (Å²) in [6.07, 6.45) is 5.41. The molecular weight excluding hydrogens is 276 g/mol. The first kappa shape index (κ1) is 14.5. The smallest absolute Gasteiger partial charge is 0.124 e. The second-order valence-electron chi connectivity index (χ2n) is 5.49. The summed E-state index contributed by atoms with van der Waals surface area (Å²) in [5.41, 5.74) is 3.54. The second kappa shape index (κ2) is 6.58. The van der Waals surface area contributed by atoms with E-state index in [4.69, 9.17) is 4.52 Å². The third-order valence-corrected chi connectivity index (χ3v) is 3.98. The van der Waals surface area contributed by atoms with Crippen molar-refractivity contribution in [3.63, 3.8) is 0 Å². The van der Waals surface area contributed by atoms with Crippen LogP contribution in [0, 0.1) is 0 Å². The molecule has 0 unspecified atom stereocenters. The van der Waals surface area contributed by atoms with Crippen LogP contribution in [0.1, 0.15) is 29.8 Å². The molecule has 0 fully saturated rings. The molecule has 0 aliphatic carbocycles. The van der Waals surface area contributed by atoms with Crippen molar-refractivity contribution < 1.29 is 4.52 Å². The SMILES string of the molecule is C[C@@H](c1ccon1)N(C)Cc1ccccc1Cn1cccn1. The highest BCUT2D eigenvalue weighted by Crippen LogP contribution is 2.20. The lowest BCUT2D eigenvalue weighted by Gasteiger charge is -2.24. The van der Waals surface area contributed by atoms with Crippen molar-refractivity contribution in [3.05, 3.63) is 71.9 Å². The fraction of sp³-hybridized carbons (Fsp3) is 0.294. The molecule has 5 heteroatoms. The second-order valence-corrected chi connectivity index (χ2v) is 5.49. The van der Waals surface area contributed by atoms with Gasteiger partial charge >= 0.3 is 0 Å². The van der Waals surface area contributed by atoms with Gasteiger partial charge in [-0.1, -0.05) is 29.4 Å². The molecule has 1 atom stereocenters. The molecule has 0 aliphatic rings. The summed E-state index contributed by atoms with van der Waals surface area (Å²) in [4.78, 5) is 2.26. The predicted octanol–water partition coefficient (Wildman–Crippen LogP) is 3.11. The van der Waals surface area contributed by atoms with Crippen LogP contribution in [0.4, 0.5) is 0 Å². The first-order chi connectivity index (χ1) is 10.7. The number of hydrogen-bond donors (Lipinski definition) is 0. The van der Waals surface area contributed by atoms with Crippen LogP contribution in [0.2, 0.25) is 0 Å². The summed E-state index contributed by atoms with van der Waals surface area (Å²) in [5, 5.41) is 8.32. The monoisotopic (exact) mass is 296 g/mol. The fourth-order valence-corrected chi connectivity index (χ4v) is 2.50. The molecule has 0 saturated heterocycles. The van der Waals surface area contributed by atoms with Gasteiger partial charge < -0.3 is 4.52 Å². The molecule has 3 rings (SSSR count). The van der Waals surface area contributed by atoms with E-state index in [0.29, 0.717) is 0 Å². The molecule has 22 heavy (non-hydrogen) atoms. The Morgan fingerprint density at radius 2 is 2.00 bits per heavy atom. The van der Waals surface area contributed by atoms with Crippen LogP contribution in [0.3, 0.4) is 0 Å². The van der Waals surface area contributed by atoms with Gasteiger partial charge in [0.05, 0.1) is 12.6 Å². The zero-order valence-corrected chi connectivity index (χ0v) is 12.9. The molecule has 2 heterocycles. The maximum atomic E-state index is 4.94. The molecule has 1 aromatic carbocycles. The third kappa shape index (κ3) is 3.26. The number of hydrogen-bond acceptors (Lipinski definition) is 4. The van der Waals surface area contributed by atoms with E-state index in [1.165, 1.54) is 11.1 Å². The first-order valence-corrected chi connectivity index (χ1v) is 7.39. The summed E-state index contributed by atoms with van der Waals surface area (Å²) in [6.45, 7) is 3.77. The number of aromatic nitrogens is 3. The minimum Gasteiger partial charge on any atom is -0.364 e. The number of nitrogens with zero attached hydrogens (tertiary/aromatic N) is 4. The lowest BCUT2D eigenvalue weighted by molar-refractivity contribution is 0.240. The molecule has 3 aromatic rings. The summed E-state index contributed by atoms with van der Waals surface area (Å²) in [7, 11) is 2.10. The van der Waals surface area contributed by atoms with E-state index in [-0.39, 0.29) is 6.04 Å². The van der Waals surface area contributed by atoms with E-state index in [2.05, 4.69) is 53.4 Å². The molecule has 0 N–H and O–H groups in total. The van der Waals surface area contributed by atoms with Gasteiger partial charge in [0.25, 0.3) is 0 Å². The molecule has 0 amide bonds. The average Bonchev–Trinajstić information content (AvgIpc) is 3.21. The summed E-state index contributed by atoms with van der Waals surface area (Å²) < 4.78 is 6.89. The van der Waals surface area contributed by atoms with Gasteiger partial charge in [0.2, 0.25) is 0 Å². The lowest BCUT2D eigenvalue weighted by Crippen LogP contribution is -2.23. The Kier molecular flexibility index (Phi) is 4.34. The minimum absolute atomic E-state index is 0.205. The van der Waals surface area contributed by atoms with Gasteiger partial charge in [0.15, 0.2) is 0 Å². The van der Waals surface area contributed by atoms with E-state index < -0.39 is 0 Å². The molecule has 0 aliphatic heterocycles. The highest BCUT2D eigenvalue weighted by molar-refractivity contribution is 5.27. The van der Waals surface area contributed by atoms with Gasteiger partial charge in [-0.25, -0.2) is 0 Å². The van der Waals surface area contributed by atoms with Crippen LogP contribution in [-0.2, 0) is 13.1 Å². The lowest BCUT2D eigenvalue weighted by atomic mass is 10.1. The van der Waals surface area contributed by atoms with Crippen LogP contribution >= 0.6 is 0 Å². The van der Waals surface area contributed by atoms with E-state index in [1.807, 2.05) is 23.0 Å². The molecule has 0 spiro atoms. The van der Waals surface area contributed by atoms with Crippen LogP contribution in [0.15, 0.2) is 59.6 Å². The highest BCUT2D eigenvalue weighted by atomic mass is 16.5. The first-order valence-electron chi connectivity index (χ1n) is 7.39. The average molecular weight is 296 g/mol. The van der Waals surface area contributed by atoms with Crippen molar-refractivity contribution in [1.29, 1.82) is 0 Å². The van der Waals surface area contributed by atoms with Gasteiger partial charge in [-0.3, -0.25) is 9.58 Å². The molecular formula is C17H20N4O. The Labute approximate surface area is 130 Å². The predicted molar refractivity (Wildman–Crippen MR) is 84.2 cm³/mol. The maximum absolute atomic E-state index is 4.94. The molecule has 0 radical (unpaired) electrons.